The topological polar surface area (TPSA) is 80.1 Å². The van der Waals surface area contributed by atoms with Gasteiger partial charge in [-0.3, -0.25) is 14.2 Å². The van der Waals surface area contributed by atoms with Gasteiger partial charge >= 0.3 is 0 Å². The van der Waals surface area contributed by atoms with Gasteiger partial charge in [0.05, 0.1) is 6.04 Å². The van der Waals surface area contributed by atoms with Gasteiger partial charge in [-0.2, -0.15) is 0 Å². The number of anilines is 1. The molecule has 1 saturated carbocycles. The van der Waals surface area contributed by atoms with Crippen LogP contribution >= 0.6 is 11.3 Å². The Morgan fingerprint density at radius 1 is 1.21 bits per heavy atom. The Morgan fingerprint density at radius 3 is 2.64 bits per heavy atom. The number of thiazole rings is 1. The number of benzene rings is 1. The van der Waals surface area contributed by atoms with Gasteiger partial charge in [0.1, 0.15) is 6.04 Å². The predicted octanol–water partition coefficient (Wildman–Crippen LogP) is 4.05. The molecule has 2 aliphatic rings. The highest BCUT2D eigenvalue weighted by Gasteiger charge is 2.38. The first-order chi connectivity index (χ1) is 16.0. The largest absolute Gasteiger partial charge is 0.347 e. The van der Waals surface area contributed by atoms with E-state index in [1.165, 1.54) is 0 Å². The van der Waals surface area contributed by atoms with Crippen molar-refractivity contribution in [1.29, 1.82) is 0 Å². The maximum Gasteiger partial charge on any atom is 0.295 e. The van der Waals surface area contributed by atoms with Crippen molar-refractivity contribution in [2.75, 3.05) is 11.4 Å². The van der Waals surface area contributed by atoms with Crippen molar-refractivity contribution < 1.29 is 13.6 Å². The molecule has 1 aromatic carbocycles. The van der Waals surface area contributed by atoms with E-state index in [-0.39, 0.29) is 28.8 Å². The van der Waals surface area contributed by atoms with Crippen molar-refractivity contribution in [3.05, 3.63) is 52.1 Å². The van der Waals surface area contributed by atoms with E-state index in [1.807, 2.05) is 35.2 Å². The first-order valence-corrected chi connectivity index (χ1v) is 12.1. The van der Waals surface area contributed by atoms with Crippen molar-refractivity contribution in [3.8, 4) is 0 Å². The molecule has 1 N–H and O–H groups in total. The minimum Gasteiger partial charge on any atom is -0.347 e. The van der Waals surface area contributed by atoms with Crippen molar-refractivity contribution in [3.63, 3.8) is 0 Å². The van der Waals surface area contributed by atoms with E-state index in [0.29, 0.717) is 24.0 Å². The third-order valence-electron chi connectivity index (χ3n) is 6.40. The zero-order valence-corrected chi connectivity index (χ0v) is 19.0. The van der Waals surface area contributed by atoms with Crippen molar-refractivity contribution >= 4 is 32.7 Å². The van der Waals surface area contributed by atoms with Crippen LogP contribution in [0.1, 0.15) is 56.5 Å². The number of alkyl halides is 2. The van der Waals surface area contributed by atoms with Crippen LogP contribution in [0, 0.1) is 5.92 Å². The number of aromatic nitrogens is 3. The number of nitrogens with one attached hydrogen (secondary N) is 1. The van der Waals surface area contributed by atoms with E-state index in [1.54, 1.807) is 6.92 Å². The molecule has 1 unspecified atom stereocenters. The minimum atomic E-state index is -2.85. The maximum absolute atomic E-state index is 13.4. The van der Waals surface area contributed by atoms with Crippen molar-refractivity contribution in [2.24, 2.45) is 5.92 Å². The molecule has 2 fully saturated rings. The number of amides is 1. The van der Waals surface area contributed by atoms with E-state index >= 15 is 0 Å². The van der Waals surface area contributed by atoms with E-state index < -0.39 is 23.9 Å². The van der Waals surface area contributed by atoms with Gasteiger partial charge in [0.25, 0.3) is 12.0 Å². The zero-order chi connectivity index (χ0) is 23.1. The molecule has 2 aromatic heterocycles. The summed E-state index contributed by atoms with van der Waals surface area (Å²) >= 11 is 1.09. The summed E-state index contributed by atoms with van der Waals surface area (Å²) in [5.74, 6) is -0.172. The fourth-order valence-corrected chi connectivity index (χ4v) is 5.60. The summed E-state index contributed by atoms with van der Waals surface area (Å²) in [6, 6.07) is 9.54. The Kier molecular flexibility index (Phi) is 5.86. The molecule has 1 amide bonds. The number of rotatable bonds is 7. The second-order valence-corrected chi connectivity index (χ2v) is 9.51. The van der Waals surface area contributed by atoms with E-state index in [4.69, 9.17) is 0 Å². The summed E-state index contributed by atoms with van der Waals surface area (Å²) in [4.78, 5) is 36.6. The van der Waals surface area contributed by atoms with Gasteiger partial charge < -0.3 is 10.2 Å². The average Bonchev–Trinajstić information content (AvgIpc) is 3.36. The summed E-state index contributed by atoms with van der Waals surface area (Å²) in [6.07, 6.45) is 0.808. The number of hydrogen-bond acceptors (Lipinski definition) is 6. The molecule has 0 bridgehead atoms. The van der Waals surface area contributed by atoms with E-state index in [0.717, 1.165) is 40.7 Å². The second-order valence-electron chi connectivity index (χ2n) is 8.56. The minimum absolute atomic E-state index is 0.0245. The molecule has 3 heterocycles. The smallest absolute Gasteiger partial charge is 0.295 e. The maximum atomic E-state index is 13.4. The lowest BCUT2D eigenvalue weighted by atomic mass is 10.0. The first-order valence-electron chi connectivity index (χ1n) is 11.3. The summed E-state index contributed by atoms with van der Waals surface area (Å²) in [5, 5.41) is 3.72. The first kappa shape index (κ1) is 21.9. The van der Waals surface area contributed by atoms with Crippen LogP contribution in [0.3, 0.4) is 0 Å². The van der Waals surface area contributed by atoms with Gasteiger partial charge in [0.2, 0.25) is 5.91 Å². The average molecular weight is 474 g/mol. The number of nitrogens with zero attached hydrogens (tertiary/aromatic N) is 4. The van der Waals surface area contributed by atoms with Crippen LogP contribution < -0.4 is 15.8 Å². The van der Waals surface area contributed by atoms with Gasteiger partial charge in [-0.25, -0.2) is 18.7 Å². The molecule has 1 aliphatic carbocycles. The quantitative estimate of drug-likeness (QED) is 0.560. The Balaban J connectivity index is 1.43. The number of hydrogen-bond donors (Lipinski definition) is 1. The molecule has 1 saturated heterocycles. The Hall–Kier alpha value is -2.88. The fraction of sp³-hybridized carbons (Fsp3) is 0.478. The second kappa shape index (κ2) is 8.81. The molecule has 3 aromatic rings. The number of fused-ring (bicyclic) bond motifs is 1. The van der Waals surface area contributed by atoms with Gasteiger partial charge in [-0.05, 0) is 44.1 Å². The summed E-state index contributed by atoms with van der Waals surface area (Å²) < 4.78 is 27.8. The van der Waals surface area contributed by atoms with Crippen LogP contribution in [0.2, 0.25) is 0 Å². The molecule has 1 aliphatic heterocycles. The molecule has 174 valence electrons. The van der Waals surface area contributed by atoms with Gasteiger partial charge in [0, 0.05) is 13.1 Å². The molecule has 7 nitrogen and oxygen atoms in total. The highest BCUT2D eigenvalue weighted by atomic mass is 32.1. The van der Waals surface area contributed by atoms with Crippen LogP contribution in [0.4, 0.5) is 13.9 Å². The molecule has 2 atom stereocenters. The van der Waals surface area contributed by atoms with Gasteiger partial charge in [-0.15, -0.1) is 0 Å². The monoisotopic (exact) mass is 473 g/mol. The fourth-order valence-electron chi connectivity index (χ4n) is 4.59. The normalized spacial score (nSPS) is 19.4. The third kappa shape index (κ3) is 4.12. The Labute approximate surface area is 193 Å². The number of carbonyl (C=O) groups is 1. The molecule has 10 heteroatoms. The van der Waals surface area contributed by atoms with E-state index in [9.17, 15) is 18.4 Å². The van der Waals surface area contributed by atoms with Crippen LogP contribution in [-0.2, 0) is 11.3 Å². The van der Waals surface area contributed by atoms with Crippen LogP contribution in [0.25, 0.3) is 10.3 Å². The lowest BCUT2D eigenvalue weighted by Gasteiger charge is -2.26. The molecular formula is C23H25F2N5O2S. The summed E-state index contributed by atoms with van der Waals surface area (Å²) in [7, 11) is 0. The summed E-state index contributed by atoms with van der Waals surface area (Å²) in [6.45, 7) is 2.32. The SMILES string of the molecule is CCn1c(C(F)F)nc2sc(N3CCCC3C(=O)N[C@@H](c3ccccc3)C3CC3)nc2c1=O. The van der Waals surface area contributed by atoms with Crippen molar-refractivity contribution in [1.82, 2.24) is 19.9 Å². The lowest BCUT2D eigenvalue weighted by Crippen LogP contribution is -2.45. The molecule has 33 heavy (non-hydrogen) atoms. The highest BCUT2D eigenvalue weighted by molar-refractivity contribution is 7.21. The van der Waals surface area contributed by atoms with Gasteiger partial charge in [-0.1, -0.05) is 41.7 Å². The van der Waals surface area contributed by atoms with E-state index in [2.05, 4.69) is 15.3 Å². The molecule has 0 radical (unpaired) electrons. The Morgan fingerprint density at radius 2 is 1.97 bits per heavy atom. The molecule has 0 spiro atoms. The third-order valence-corrected chi connectivity index (χ3v) is 7.39. The Bertz CT molecular complexity index is 1220. The standard InChI is InChI=1S/C23H25F2N5O2S/c1-2-29-19(18(24)25)28-21-17(22(29)32)27-23(33-21)30-12-6-9-15(30)20(31)26-16(14-10-11-14)13-7-4-3-5-8-13/h3-5,7-8,14-16,18H,2,6,9-12H2,1H3,(H,26,31)/t15?,16-/m0/s1. The van der Waals surface area contributed by atoms with Crippen LogP contribution in [0.5, 0.6) is 0 Å². The zero-order valence-electron chi connectivity index (χ0n) is 18.2. The lowest BCUT2D eigenvalue weighted by molar-refractivity contribution is -0.123. The molecule has 5 rings (SSSR count). The highest BCUT2D eigenvalue weighted by Crippen LogP contribution is 2.41. The van der Waals surface area contributed by atoms with Crippen molar-refractivity contribution in [2.45, 2.75) is 57.7 Å². The number of carbonyl (C=O) groups excluding carboxylic acids is 1. The van der Waals surface area contributed by atoms with Crippen LogP contribution in [0.15, 0.2) is 35.1 Å². The predicted molar refractivity (Wildman–Crippen MR) is 123 cm³/mol. The number of halogens is 2. The van der Waals surface area contributed by atoms with Gasteiger partial charge in [0.15, 0.2) is 21.3 Å². The molecular weight excluding hydrogens is 448 g/mol. The van der Waals surface area contributed by atoms with Crippen LogP contribution in [-0.4, -0.2) is 33.0 Å². The summed E-state index contributed by atoms with van der Waals surface area (Å²) in [5.41, 5.74) is 0.604.